The molecule has 21 heavy (non-hydrogen) atoms. The SMILES string of the molecule is CN(C)C(=O)CN=C(NCCCF)NCC1CCOC1.I. The second kappa shape index (κ2) is 12.0. The highest BCUT2D eigenvalue weighted by molar-refractivity contribution is 14.0. The van der Waals surface area contributed by atoms with Gasteiger partial charge in [0.25, 0.3) is 0 Å². The van der Waals surface area contributed by atoms with Gasteiger partial charge in [-0.3, -0.25) is 9.18 Å². The maximum absolute atomic E-state index is 12.1. The van der Waals surface area contributed by atoms with Crippen LogP contribution in [0, 0.1) is 5.92 Å². The maximum Gasteiger partial charge on any atom is 0.243 e. The lowest BCUT2D eigenvalue weighted by atomic mass is 10.1. The molecule has 1 rings (SSSR count). The van der Waals surface area contributed by atoms with E-state index in [2.05, 4.69) is 15.6 Å². The highest BCUT2D eigenvalue weighted by Gasteiger charge is 2.15. The van der Waals surface area contributed by atoms with Crippen molar-refractivity contribution in [2.24, 2.45) is 10.9 Å². The van der Waals surface area contributed by atoms with Crippen molar-refractivity contribution in [2.75, 3.05) is 53.6 Å². The van der Waals surface area contributed by atoms with E-state index in [1.165, 1.54) is 4.90 Å². The molecule has 2 N–H and O–H groups in total. The van der Waals surface area contributed by atoms with Crippen LogP contribution in [0.2, 0.25) is 0 Å². The number of carbonyl (C=O) groups is 1. The fraction of sp³-hybridized carbons (Fsp3) is 0.846. The van der Waals surface area contributed by atoms with Gasteiger partial charge < -0.3 is 20.3 Å². The summed E-state index contributed by atoms with van der Waals surface area (Å²) in [7, 11) is 3.38. The highest BCUT2D eigenvalue weighted by Crippen LogP contribution is 2.10. The molecule has 0 aromatic rings. The largest absolute Gasteiger partial charge is 0.381 e. The quantitative estimate of drug-likeness (QED) is 0.277. The number of rotatable bonds is 7. The Balaban J connectivity index is 0.00000400. The van der Waals surface area contributed by atoms with E-state index in [0.717, 1.165) is 26.2 Å². The Morgan fingerprint density at radius 2 is 2.19 bits per heavy atom. The summed E-state index contributed by atoms with van der Waals surface area (Å²) in [5.41, 5.74) is 0. The number of ether oxygens (including phenoxy) is 1. The Kier molecular flexibility index (Phi) is 11.6. The number of likely N-dealkylation sites (N-methyl/N-ethyl adjacent to an activating group) is 1. The molecule has 1 aliphatic heterocycles. The zero-order valence-corrected chi connectivity index (χ0v) is 15.1. The molecule has 1 unspecified atom stereocenters. The van der Waals surface area contributed by atoms with E-state index in [9.17, 15) is 9.18 Å². The monoisotopic (exact) mass is 416 g/mol. The van der Waals surface area contributed by atoms with Crippen LogP contribution in [0.5, 0.6) is 0 Å². The van der Waals surface area contributed by atoms with E-state index >= 15 is 0 Å². The predicted octanol–water partition coefficient (Wildman–Crippen LogP) is 0.624. The maximum atomic E-state index is 12.1. The minimum atomic E-state index is -0.368. The number of guanidine groups is 1. The molecule has 1 heterocycles. The van der Waals surface area contributed by atoms with Crippen molar-refractivity contribution < 1.29 is 13.9 Å². The van der Waals surface area contributed by atoms with Crippen molar-refractivity contribution >= 4 is 35.8 Å². The molecular weight excluding hydrogens is 390 g/mol. The van der Waals surface area contributed by atoms with E-state index in [4.69, 9.17) is 4.74 Å². The summed E-state index contributed by atoms with van der Waals surface area (Å²) in [5, 5.41) is 6.21. The van der Waals surface area contributed by atoms with E-state index in [-0.39, 0.29) is 43.1 Å². The molecule has 0 spiro atoms. The normalized spacial score (nSPS) is 18.0. The summed E-state index contributed by atoms with van der Waals surface area (Å²) in [6.45, 7) is 2.51. The number of alkyl halides is 1. The van der Waals surface area contributed by atoms with Gasteiger partial charge in [-0.1, -0.05) is 0 Å². The first-order valence-corrected chi connectivity index (χ1v) is 6.99. The van der Waals surface area contributed by atoms with Crippen LogP contribution in [0.15, 0.2) is 4.99 Å². The first-order valence-electron chi connectivity index (χ1n) is 6.99. The molecule has 1 fully saturated rings. The number of nitrogens with zero attached hydrogens (tertiary/aromatic N) is 2. The van der Waals surface area contributed by atoms with Crippen molar-refractivity contribution in [1.82, 2.24) is 15.5 Å². The van der Waals surface area contributed by atoms with Crippen LogP contribution in [-0.4, -0.2) is 70.4 Å². The Hall–Kier alpha value is -0.640. The molecule has 0 bridgehead atoms. The molecule has 0 aromatic heterocycles. The fourth-order valence-electron chi connectivity index (χ4n) is 1.72. The fourth-order valence-corrected chi connectivity index (χ4v) is 1.72. The second-order valence-electron chi connectivity index (χ2n) is 5.03. The molecule has 1 atom stereocenters. The minimum absolute atomic E-state index is 0. The number of nitrogens with one attached hydrogen (secondary N) is 2. The van der Waals surface area contributed by atoms with Crippen LogP contribution in [0.4, 0.5) is 4.39 Å². The van der Waals surface area contributed by atoms with Crippen LogP contribution in [0.25, 0.3) is 0 Å². The van der Waals surface area contributed by atoms with Gasteiger partial charge in [0.15, 0.2) is 5.96 Å². The lowest BCUT2D eigenvalue weighted by Crippen LogP contribution is -2.41. The molecule has 8 heteroatoms. The van der Waals surface area contributed by atoms with E-state index in [1.807, 2.05) is 0 Å². The number of amides is 1. The average molecular weight is 416 g/mol. The molecule has 0 radical (unpaired) electrons. The summed E-state index contributed by atoms with van der Waals surface area (Å²) < 4.78 is 17.4. The van der Waals surface area contributed by atoms with Crippen molar-refractivity contribution in [1.29, 1.82) is 0 Å². The second-order valence-corrected chi connectivity index (χ2v) is 5.03. The topological polar surface area (TPSA) is 66.0 Å². The van der Waals surface area contributed by atoms with Gasteiger partial charge in [-0.2, -0.15) is 0 Å². The van der Waals surface area contributed by atoms with Gasteiger partial charge >= 0.3 is 0 Å². The zero-order valence-electron chi connectivity index (χ0n) is 12.7. The summed E-state index contributed by atoms with van der Waals surface area (Å²) in [5.74, 6) is 0.953. The number of halogens is 2. The van der Waals surface area contributed by atoms with E-state index in [1.54, 1.807) is 14.1 Å². The molecule has 6 nitrogen and oxygen atoms in total. The molecule has 1 saturated heterocycles. The van der Waals surface area contributed by atoms with Gasteiger partial charge in [-0.05, 0) is 12.8 Å². The zero-order chi connectivity index (χ0) is 14.8. The van der Waals surface area contributed by atoms with Gasteiger partial charge in [-0.25, -0.2) is 4.99 Å². The third kappa shape index (κ3) is 9.07. The van der Waals surface area contributed by atoms with E-state index < -0.39 is 0 Å². The van der Waals surface area contributed by atoms with Crippen molar-refractivity contribution in [2.45, 2.75) is 12.8 Å². The van der Waals surface area contributed by atoms with Gasteiger partial charge in [0, 0.05) is 39.7 Å². The Bertz CT molecular complexity index is 323. The highest BCUT2D eigenvalue weighted by atomic mass is 127. The average Bonchev–Trinajstić information content (AvgIpc) is 2.94. The molecule has 0 aliphatic carbocycles. The third-order valence-electron chi connectivity index (χ3n) is 3.06. The van der Waals surface area contributed by atoms with Crippen LogP contribution in [-0.2, 0) is 9.53 Å². The molecule has 0 saturated carbocycles. The van der Waals surface area contributed by atoms with Crippen molar-refractivity contribution in [3.8, 4) is 0 Å². The molecule has 124 valence electrons. The van der Waals surface area contributed by atoms with Gasteiger partial charge in [-0.15, -0.1) is 24.0 Å². The Labute approximate surface area is 142 Å². The number of hydrogen-bond acceptors (Lipinski definition) is 3. The summed E-state index contributed by atoms with van der Waals surface area (Å²) in [6.07, 6.45) is 1.45. The summed E-state index contributed by atoms with van der Waals surface area (Å²) in [4.78, 5) is 17.2. The van der Waals surface area contributed by atoms with E-state index in [0.29, 0.717) is 24.8 Å². The van der Waals surface area contributed by atoms with Crippen LogP contribution in [0.3, 0.4) is 0 Å². The lowest BCUT2D eigenvalue weighted by molar-refractivity contribution is -0.127. The Morgan fingerprint density at radius 3 is 2.76 bits per heavy atom. The number of carbonyl (C=O) groups excluding carboxylic acids is 1. The predicted molar refractivity (Wildman–Crippen MR) is 91.9 cm³/mol. The molecule has 0 aromatic carbocycles. The van der Waals surface area contributed by atoms with Crippen LogP contribution in [0.1, 0.15) is 12.8 Å². The van der Waals surface area contributed by atoms with Crippen LogP contribution >= 0.6 is 24.0 Å². The molecule has 1 amide bonds. The van der Waals surface area contributed by atoms with Gasteiger partial charge in [0.1, 0.15) is 6.54 Å². The van der Waals surface area contributed by atoms with Gasteiger partial charge in [0.05, 0.1) is 13.3 Å². The minimum Gasteiger partial charge on any atom is -0.381 e. The summed E-state index contributed by atoms with van der Waals surface area (Å²) in [6, 6.07) is 0. The molecular formula is C13H26FIN4O2. The number of aliphatic imine (C=N–C) groups is 1. The Morgan fingerprint density at radius 1 is 1.43 bits per heavy atom. The third-order valence-corrected chi connectivity index (χ3v) is 3.06. The van der Waals surface area contributed by atoms with Crippen molar-refractivity contribution in [3.05, 3.63) is 0 Å². The lowest BCUT2D eigenvalue weighted by Gasteiger charge is -2.15. The first-order chi connectivity index (χ1) is 9.63. The standard InChI is InChI=1S/C13H25FN4O2.HI/c1-18(2)12(19)9-17-13(15-6-3-5-14)16-8-11-4-7-20-10-11;/h11H,3-10H2,1-2H3,(H2,15,16,17);1H. The van der Waals surface area contributed by atoms with Crippen LogP contribution < -0.4 is 10.6 Å². The van der Waals surface area contributed by atoms with Gasteiger partial charge in [0.2, 0.25) is 5.91 Å². The number of hydrogen-bond donors (Lipinski definition) is 2. The molecule has 1 aliphatic rings. The summed E-state index contributed by atoms with van der Waals surface area (Å²) >= 11 is 0. The van der Waals surface area contributed by atoms with Crippen molar-refractivity contribution in [3.63, 3.8) is 0 Å². The smallest absolute Gasteiger partial charge is 0.243 e. The first kappa shape index (κ1) is 20.4.